The lowest BCUT2D eigenvalue weighted by Crippen LogP contribution is -2.54. The molecule has 1 fully saturated rings. The van der Waals surface area contributed by atoms with E-state index in [2.05, 4.69) is 45.3 Å². The number of carbonyl (C=O) groups excluding carboxylic acids is 6. The standard InChI is InChI=1S/C45H53N9O9S/c1-8-29(37-38-52-51-26(4)53(38)43-34(24(2)25(3)64-43)36(50-37)27-12-14-28(15-13-27)48-44(60)63-45(5,6)7)39(56)47-19-21-62-23-22-61-20-18-46-31-11-9-10-30-35(31)42(59)54(41(30)58)32-16-17-33(55)49-40(32)57/h9-15,29,32,37,46H,8,16-23H2,1-7H3,(H,47,56)(H,48,60)(H,49,55,57)/t29-,32?,37+/m1/s1. The molecule has 0 radical (unpaired) electrons. The summed E-state index contributed by atoms with van der Waals surface area (Å²) in [6, 6.07) is 10.6. The van der Waals surface area contributed by atoms with Crippen molar-refractivity contribution >= 4 is 64.1 Å². The number of aryl methyl sites for hydroxylation is 2. The maximum atomic E-state index is 13.9. The van der Waals surface area contributed by atoms with E-state index in [1.807, 2.05) is 30.5 Å². The van der Waals surface area contributed by atoms with E-state index in [1.54, 1.807) is 62.4 Å². The van der Waals surface area contributed by atoms with E-state index in [9.17, 15) is 28.8 Å². The number of nitrogens with zero attached hydrogens (tertiary/aromatic N) is 5. The second-order valence-electron chi connectivity index (χ2n) is 16.7. The number of aromatic nitrogens is 3. The van der Waals surface area contributed by atoms with Crippen LogP contribution in [0.3, 0.4) is 0 Å². The van der Waals surface area contributed by atoms with Crippen LogP contribution in [0.1, 0.15) is 107 Å². The van der Waals surface area contributed by atoms with Gasteiger partial charge in [0, 0.05) is 46.9 Å². The maximum Gasteiger partial charge on any atom is 0.412 e. The Hall–Kier alpha value is -6.31. The second-order valence-corrected chi connectivity index (χ2v) is 17.9. The number of hydrogen-bond donors (Lipinski definition) is 4. The van der Waals surface area contributed by atoms with Gasteiger partial charge in [-0.15, -0.1) is 21.5 Å². The number of nitrogens with one attached hydrogen (secondary N) is 4. The van der Waals surface area contributed by atoms with Crippen LogP contribution in [-0.4, -0.2) is 112 Å². The van der Waals surface area contributed by atoms with Gasteiger partial charge in [0.05, 0.1) is 49.2 Å². The Bertz CT molecular complexity index is 2510. The highest BCUT2D eigenvalue weighted by Gasteiger charge is 2.45. The lowest BCUT2D eigenvalue weighted by Gasteiger charge is -2.27. The number of anilines is 2. The van der Waals surface area contributed by atoms with Crippen molar-refractivity contribution in [1.29, 1.82) is 0 Å². The quantitative estimate of drug-likeness (QED) is 0.0844. The molecule has 3 aliphatic heterocycles. The van der Waals surface area contributed by atoms with Crippen LogP contribution >= 0.6 is 11.3 Å². The van der Waals surface area contributed by atoms with Crippen molar-refractivity contribution in [3.63, 3.8) is 0 Å². The predicted octanol–water partition coefficient (Wildman–Crippen LogP) is 5.18. The summed E-state index contributed by atoms with van der Waals surface area (Å²) in [5, 5.41) is 21.1. The number of imide groups is 2. The van der Waals surface area contributed by atoms with E-state index in [0.29, 0.717) is 41.7 Å². The summed E-state index contributed by atoms with van der Waals surface area (Å²) in [6.07, 6.45) is 0.0414. The Balaban J connectivity index is 0.923. The fraction of sp³-hybridized carbons (Fsp3) is 0.444. The zero-order valence-corrected chi connectivity index (χ0v) is 37.8. The normalized spacial score (nSPS) is 17.5. The molecule has 6 amide bonds. The van der Waals surface area contributed by atoms with E-state index >= 15 is 0 Å². The molecule has 338 valence electrons. The SMILES string of the molecule is CC[C@@H](C(=O)NCCOCCOCCNc1cccc2c1C(=O)N(C1CCC(=O)NC1=O)C2=O)[C@@H]1N=C(c2ccc(NC(=O)OC(C)(C)C)cc2)c2c(sc(C)c2C)-n2c(C)nnc21. The number of ether oxygens (including phenoxy) is 3. The smallest absolute Gasteiger partial charge is 0.412 e. The highest BCUT2D eigenvalue weighted by Crippen LogP contribution is 2.41. The van der Waals surface area contributed by atoms with Crippen LogP contribution in [0.15, 0.2) is 47.5 Å². The number of fused-ring (bicyclic) bond motifs is 4. The Morgan fingerprint density at radius 2 is 1.64 bits per heavy atom. The predicted molar refractivity (Wildman–Crippen MR) is 238 cm³/mol. The number of aliphatic imine (C=N–C) groups is 1. The summed E-state index contributed by atoms with van der Waals surface area (Å²) in [6.45, 7) is 15.0. The fourth-order valence-electron chi connectivity index (χ4n) is 7.92. The molecule has 5 heterocycles. The molecule has 1 saturated heterocycles. The summed E-state index contributed by atoms with van der Waals surface area (Å²) in [5.41, 5.74) is 4.28. The van der Waals surface area contributed by atoms with Gasteiger partial charge >= 0.3 is 6.09 Å². The van der Waals surface area contributed by atoms with Gasteiger partial charge in [-0.1, -0.05) is 25.1 Å². The van der Waals surface area contributed by atoms with Crippen LogP contribution in [0.2, 0.25) is 0 Å². The molecule has 7 rings (SSSR count). The number of piperidine rings is 1. The van der Waals surface area contributed by atoms with Gasteiger partial charge in [-0.2, -0.15) is 0 Å². The number of rotatable bonds is 16. The summed E-state index contributed by atoms with van der Waals surface area (Å²) in [7, 11) is 0. The first-order valence-electron chi connectivity index (χ1n) is 21.3. The van der Waals surface area contributed by atoms with Crippen molar-refractivity contribution < 1.29 is 43.0 Å². The average molecular weight is 896 g/mol. The molecule has 0 bridgehead atoms. The second kappa shape index (κ2) is 19.2. The van der Waals surface area contributed by atoms with Crippen molar-refractivity contribution in [2.75, 3.05) is 50.2 Å². The molecular weight excluding hydrogens is 843 g/mol. The highest BCUT2D eigenvalue weighted by molar-refractivity contribution is 7.15. The first-order chi connectivity index (χ1) is 30.6. The van der Waals surface area contributed by atoms with Crippen molar-refractivity contribution in [2.45, 2.75) is 85.4 Å². The lowest BCUT2D eigenvalue weighted by atomic mass is 9.94. The lowest BCUT2D eigenvalue weighted by molar-refractivity contribution is -0.136. The highest BCUT2D eigenvalue weighted by atomic mass is 32.1. The molecule has 4 aromatic rings. The first kappa shape index (κ1) is 45.7. The van der Waals surface area contributed by atoms with Gasteiger partial charge < -0.3 is 24.8 Å². The summed E-state index contributed by atoms with van der Waals surface area (Å²) >= 11 is 1.63. The van der Waals surface area contributed by atoms with Crippen LogP contribution < -0.4 is 21.3 Å². The molecule has 64 heavy (non-hydrogen) atoms. The number of thiophene rings is 1. The zero-order chi connectivity index (χ0) is 45.9. The molecule has 18 nitrogen and oxygen atoms in total. The van der Waals surface area contributed by atoms with Gasteiger partial charge in [-0.05, 0) is 84.2 Å². The van der Waals surface area contributed by atoms with Gasteiger partial charge in [-0.25, -0.2) is 4.79 Å². The molecule has 0 spiro atoms. The van der Waals surface area contributed by atoms with Gasteiger partial charge in [0.15, 0.2) is 5.82 Å². The molecule has 4 N–H and O–H groups in total. The Morgan fingerprint density at radius 3 is 2.33 bits per heavy atom. The van der Waals surface area contributed by atoms with E-state index in [-0.39, 0.29) is 62.8 Å². The average Bonchev–Trinajstić information content (AvgIpc) is 3.81. The van der Waals surface area contributed by atoms with Crippen molar-refractivity contribution in [3.8, 4) is 5.00 Å². The fourth-order valence-corrected chi connectivity index (χ4v) is 9.14. The third-order valence-corrected chi connectivity index (χ3v) is 12.3. The third-order valence-electron chi connectivity index (χ3n) is 11.1. The van der Waals surface area contributed by atoms with Crippen LogP contribution in [-0.2, 0) is 28.6 Å². The molecular formula is C45H53N9O9S. The number of amides is 6. The van der Waals surface area contributed by atoms with Crippen LogP contribution in [0, 0.1) is 26.7 Å². The van der Waals surface area contributed by atoms with Crippen LogP contribution in [0.25, 0.3) is 5.00 Å². The Labute approximate surface area is 374 Å². The monoisotopic (exact) mass is 895 g/mol. The van der Waals surface area contributed by atoms with Gasteiger partial charge in [-0.3, -0.25) is 49.1 Å². The molecule has 3 aliphatic rings. The topological polar surface area (TPSA) is 225 Å². The molecule has 0 saturated carbocycles. The summed E-state index contributed by atoms with van der Waals surface area (Å²) < 4.78 is 18.9. The van der Waals surface area contributed by atoms with Gasteiger partial charge in [0.1, 0.15) is 28.5 Å². The van der Waals surface area contributed by atoms with E-state index in [4.69, 9.17) is 19.2 Å². The third kappa shape index (κ3) is 9.60. The molecule has 3 atom stereocenters. The first-order valence-corrected chi connectivity index (χ1v) is 22.1. The Kier molecular flexibility index (Phi) is 13.7. The van der Waals surface area contributed by atoms with Crippen LogP contribution in [0.4, 0.5) is 16.2 Å². The number of hydrogen-bond acceptors (Lipinski definition) is 14. The van der Waals surface area contributed by atoms with Crippen molar-refractivity contribution in [3.05, 3.63) is 86.8 Å². The van der Waals surface area contributed by atoms with E-state index < -0.39 is 53.3 Å². The number of carbonyl (C=O) groups is 6. The zero-order valence-electron chi connectivity index (χ0n) is 37.0. The van der Waals surface area contributed by atoms with Gasteiger partial charge in [0.2, 0.25) is 17.7 Å². The van der Waals surface area contributed by atoms with E-state index in [0.717, 1.165) is 31.5 Å². The largest absolute Gasteiger partial charge is 0.444 e. The maximum absolute atomic E-state index is 13.9. The molecule has 2 aromatic carbocycles. The summed E-state index contributed by atoms with van der Waals surface area (Å²) in [4.78, 5) is 84.3. The van der Waals surface area contributed by atoms with Crippen molar-refractivity contribution in [1.82, 2.24) is 30.3 Å². The number of benzene rings is 2. The molecule has 1 unspecified atom stereocenters. The van der Waals surface area contributed by atoms with E-state index in [1.165, 1.54) is 0 Å². The summed E-state index contributed by atoms with van der Waals surface area (Å²) in [5.74, 6) is -1.78. The minimum atomic E-state index is -1.04. The molecule has 0 aliphatic carbocycles. The van der Waals surface area contributed by atoms with Crippen molar-refractivity contribution in [2.24, 2.45) is 10.9 Å². The minimum absolute atomic E-state index is 0.0425. The van der Waals surface area contributed by atoms with Crippen LogP contribution in [0.5, 0.6) is 0 Å². The minimum Gasteiger partial charge on any atom is -0.444 e. The van der Waals surface area contributed by atoms with Gasteiger partial charge in [0.25, 0.3) is 11.8 Å². The Morgan fingerprint density at radius 1 is 0.922 bits per heavy atom. The molecule has 2 aromatic heterocycles. The molecule has 19 heteroatoms.